The molecular formula is C27H22ClN3O3. The molecule has 7 heteroatoms. The van der Waals surface area contributed by atoms with E-state index in [0.717, 1.165) is 34.9 Å². The van der Waals surface area contributed by atoms with Gasteiger partial charge in [-0.3, -0.25) is 14.6 Å². The summed E-state index contributed by atoms with van der Waals surface area (Å²) < 4.78 is 5.40. The Morgan fingerprint density at radius 3 is 2.53 bits per heavy atom. The van der Waals surface area contributed by atoms with E-state index in [1.807, 2.05) is 36.4 Å². The van der Waals surface area contributed by atoms with E-state index in [9.17, 15) is 9.59 Å². The zero-order valence-corrected chi connectivity index (χ0v) is 19.0. The molecule has 1 unspecified atom stereocenters. The molecule has 1 saturated heterocycles. The normalized spacial score (nSPS) is 15.3. The zero-order chi connectivity index (χ0) is 23.5. The van der Waals surface area contributed by atoms with E-state index in [1.54, 1.807) is 42.6 Å². The van der Waals surface area contributed by atoms with Gasteiger partial charge in [-0.25, -0.2) is 0 Å². The molecule has 1 aliphatic rings. The van der Waals surface area contributed by atoms with E-state index in [1.165, 1.54) is 0 Å². The summed E-state index contributed by atoms with van der Waals surface area (Å²) in [6.07, 6.45) is 2.96. The van der Waals surface area contributed by atoms with Crippen molar-refractivity contribution in [3.63, 3.8) is 0 Å². The number of anilines is 2. The van der Waals surface area contributed by atoms with Gasteiger partial charge in [0.2, 0.25) is 0 Å². The minimum Gasteiger partial charge on any atom is -0.368 e. The Balaban J connectivity index is 1.32. The summed E-state index contributed by atoms with van der Waals surface area (Å²) in [4.78, 5) is 29.6. The lowest BCUT2D eigenvalue weighted by Crippen LogP contribution is -2.26. The number of pyridine rings is 1. The average molecular weight is 472 g/mol. The van der Waals surface area contributed by atoms with E-state index < -0.39 is 6.10 Å². The molecule has 2 amide bonds. The second-order valence-corrected chi connectivity index (χ2v) is 8.50. The lowest BCUT2D eigenvalue weighted by atomic mass is 10.0. The summed E-state index contributed by atoms with van der Waals surface area (Å²) in [5.74, 6) is -0.429. The number of fused-ring (bicyclic) bond motifs is 1. The average Bonchev–Trinajstić information content (AvgIpc) is 3.41. The van der Waals surface area contributed by atoms with Crippen LogP contribution in [-0.2, 0) is 9.53 Å². The molecule has 170 valence electrons. The third-order valence-electron chi connectivity index (χ3n) is 5.79. The van der Waals surface area contributed by atoms with Crippen molar-refractivity contribution in [2.24, 2.45) is 0 Å². The summed E-state index contributed by atoms with van der Waals surface area (Å²) in [6, 6.07) is 22.0. The monoisotopic (exact) mass is 471 g/mol. The number of nitrogens with one attached hydrogen (secondary N) is 2. The van der Waals surface area contributed by atoms with Crippen molar-refractivity contribution < 1.29 is 14.3 Å². The lowest BCUT2D eigenvalue weighted by Gasteiger charge is -2.12. The highest BCUT2D eigenvalue weighted by Gasteiger charge is 2.23. The molecule has 0 radical (unpaired) electrons. The first kappa shape index (κ1) is 22.1. The minimum absolute atomic E-state index is 0.162. The number of halogens is 1. The van der Waals surface area contributed by atoms with E-state index in [4.69, 9.17) is 16.3 Å². The van der Waals surface area contributed by atoms with Crippen LogP contribution in [0.5, 0.6) is 0 Å². The van der Waals surface area contributed by atoms with Gasteiger partial charge in [-0.1, -0.05) is 35.9 Å². The van der Waals surface area contributed by atoms with Gasteiger partial charge in [0.15, 0.2) is 0 Å². The van der Waals surface area contributed by atoms with Gasteiger partial charge in [0, 0.05) is 40.7 Å². The zero-order valence-electron chi connectivity index (χ0n) is 18.3. The Hall–Kier alpha value is -3.74. The maximum Gasteiger partial charge on any atom is 0.255 e. The van der Waals surface area contributed by atoms with Gasteiger partial charge < -0.3 is 15.4 Å². The highest BCUT2D eigenvalue weighted by molar-refractivity contribution is 6.33. The standard InChI is InChI=1S/C27H22ClN3O3/c28-23-12-11-20(16-22(23)25-21-5-2-1-4-17(21)13-14-29-25)31-26(32)18-7-9-19(10-8-18)30-27(33)24-6-3-15-34-24/h1-2,4-5,7-14,16,24H,3,6,15H2,(H,30,33)(H,31,32). The van der Waals surface area contributed by atoms with Crippen molar-refractivity contribution in [2.75, 3.05) is 17.2 Å². The summed E-state index contributed by atoms with van der Waals surface area (Å²) in [6.45, 7) is 0.611. The number of ether oxygens (including phenoxy) is 1. The number of rotatable bonds is 5. The molecule has 0 spiro atoms. The summed E-state index contributed by atoms with van der Waals surface area (Å²) in [7, 11) is 0. The smallest absolute Gasteiger partial charge is 0.255 e. The number of amides is 2. The largest absolute Gasteiger partial charge is 0.368 e. The van der Waals surface area contributed by atoms with Gasteiger partial charge in [0.05, 0.1) is 10.7 Å². The van der Waals surface area contributed by atoms with Crippen LogP contribution in [0.4, 0.5) is 11.4 Å². The first-order valence-corrected chi connectivity index (χ1v) is 11.4. The van der Waals surface area contributed by atoms with Crippen LogP contribution in [0.1, 0.15) is 23.2 Å². The number of aromatic nitrogens is 1. The van der Waals surface area contributed by atoms with Crippen LogP contribution in [0, 0.1) is 0 Å². The number of hydrogen-bond donors (Lipinski definition) is 2. The van der Waals surface area contributed by atoms with Crippen LogP contribution < -0.4 is 10.6 Å². The molecule has 1 fully saturated rings. The third kappa shape index (κ3) is 4.64. The van der Waals surface area contributed by atoms with E-state index in [0.29, 0.717) is 28.6 Å². The van der Waals surface area contributed by atoms with Crippen molar-refractivity contribution in [3.05, 3.63) is 89.6 Å². The fraction of sp³-hybridized carbons (Fsp3) is 0.148. The van der Waals surface area contributed by atoms with E-state index in [-0.39, 0.29) is 11.8 Å². The summed E-state index contributed by atoms with van der Waals surface area (Å²) >= 11 is 6.49. The first-order chi connectivity index (χ1) is 16.6. The second kappa shape index (κ2) is 9.63. The van der Waals surface area contributed by atoms with Crippen LogP contribution >= 0.6 is 11.6 Å². The van der Waals surface area contributed by atoms with Crippen LogP contribution in [-0.4, -0.2) is 29.5 Å². The Labute approximate surface area is 201 Å². The van der Waals surface area contributed by atoms with Gasteiger partial charge in [-0.2, -0.15) is 0 Å². The predicted molar refractivity (Wildman–Crippen MR) is 134 cm³/mol. The van der Waals surface area contributed by atoms with Crippen molar-refractivity contribution in [1.29, 1.82) is 0 Å². The molecule has 5 rings (SSSR count). The van der Waals surface area contributed by atoms with Gasteiger partial charge >= 0.3 is 0 Å². The molecule has 1 aromatic heterocycles. The first-order valence-electron chi connectivity index (χ1n) is 11.1. The third-order valence-corrected chi connectivity index (χ3v) is 6.12. The number of carbonyl (C=O) groups excluding carboxylic acids is 2. The second-order valence-electron chi connectivity index (χ2n) is 8.10. The van der Waals surface area contributed by atoms with Crippen LogP contribution in [0.15, 0.2) is 79.0 Å². The molecule has 6 nitrogen and oxygen atoms in total. The van der Waals surface area contributed by atoms with Gasteiger partial charge in [-0.15, -0.1) is 0 Å². The SMILES string of the molecule is O=C(Nc1ccc(Cl)c(-c2nccc3ccccc23)c1)c1ccc(NC(=O)C2CCCO2)cc1. The molecule has 2 N–H and O–H groups in total. The van der Waals surface area contributed by atoms with Crippen molar-refractivity contribution >= 4 is 45.6 Å². The Morgan fingerprint density at radius 1 is 0.941 bits per heavy atom. The van der Waals surface area contributed by atoms with Crippen LogP contribution in [0.3, 0.4) is 0 Å². The molecule has 0 bridgehead atoms. The molecule has 2 heterocycles. The fourth-order valence-corrected chi connectivity index (χ4v) is 4.24. The topological polar surface area (TPSA) is 80.3 Å². The Kier molecular flexibility index (Phi) is 6.25. The number of hydrogen-bond acceptors (Lipinski definition) is 4. The van der Waals surface area contributed by atoms with E-state index in [2.05, 4.69) is 15.6 Å². The highest BCUT2D eigenvalue weighted by atomic mass is 35.5. The number of carbonyl (C=O) groups is 2. The Morgan fingerprint density at radius 2 is 1.74 bits per heavy atom. The van der Waals surface area contributed by atoms with Crippen LogP contribution in [0.25, 0.3) is 22.0 Å². The molecule has 1 atom stereocenters. The molecule has 4 aromatic rings. The number of nitrogens with zero attached hydrogens (tertiary/aromatic N) is 1. The van der Waals surface area contributed by atoms with Crippen LogP contribution in [0.2, 0.25) is 5.02 Å². The molecule has 1 aliphatic heterocycles. The molecule has 0 saturated carbocycles. The summed E-state index contributed by atoms with van der Waals surface area (Å²) in [5.41, 5.74) is 3.19. The Bertz CT molecular complexity index is 1360. The lowest BCUT2D eigenvalue weighted by molar-refractivity contribution is -0.124. The summed E-state index contributed by atoms with van der Waals surface area (Å²) in [5, 5.41) is 8.34. The van der Waals surface area contributed by atoms with Crippen molar-refractivity contribution in [1.82, 2.24) is 4.98 Å². The molecule has 34 heavy (non-hydrogen) atoms. The predicted octanol–water partition coefficient (Wildman–Crippen LogP) is 5.93. The molecule has 0 aliphatic carbocycles. The molecular weight excluding hydrogens is 450 g/mol. The maximum absolute atomic E-state index is 12.8. The highest BCUT2D eigenvalue weighted by Crippen LogP contribution is 2.34. The maximum atomic E-state index is 12.8. The quantitative estimate of drug-likeness (QED) is 0.378. The minimum atomic E-state index is -0.404. The number of benzene rings is 3. The van der Waals surface area contributed by atoms with Gasteiger partial charge in [0.25, 0.3) is 11.8 Å². The fourth-order valence-electron chi connectivity index (χ4n) is 4.03. The molecule has 3 aromatic carbocycles. The van der Waals surface area contributed by atoms with Gasteiger partial charge in [0.1, 0.15) is 6.10 Å². The van der Waals surface area contributed by atoms with Crippen molar-refractivity contribution in [2.45, 2.75) is 18.9 Å². The van der Waals surface area contributed by atoms with Crippen molar-refractivity contribution in [3.8, 4) is 11.3 Å². The van der Waals surface area contributed by atoms with E-state index >= 15 is 0 Å². The van der Waals surface area contributed by atoms with Gasteiger partial charge in [-0.05, 0) is 66.8 Å².